The van der Waals surface area contributed by atoms with E-state index in [2.05, 4.69) is 28.0 Å². The molecule has 2 heterocycles. The smallest absolute Gasteiger partial charge is 0.134 e. The van der Waals surface area contributed by atoms with Gasteiger partial charge in [-0.3, -0.25) is 9.67 Å². The molecule has 0 saturated carbocycles. The molecule has 2 aromatic rings. The van der Waals surface area contributed by atoms with Gasteiger partial charge in [-0.1, -0.05) is 12.1 Å². The van der Waals surface area contributed by atoms with Gasteiger partial charge in [-0.2, -0.15) is 17.7 Å². The van der Waals surface area contributed by atoms with Gasteiger partial charge >= 0.3 is 0 Å². The molecule has 0 radical (unpaired) electrons. The molecule has 0 fully saturated rings. The molecule has 1 N–H and O–H groups in total. The van der Waals surface area contributed by atoms with Crippen LogP contribution in [0.4, 0.5) is 10.2 Å². The van der Waals surface area contributed by atoms with E-state index in [1.54, 1.807) is 16.8 Å². The van der Waals surface area contributed by atoms with Crippen LogP contribution < -0.4 is 5.32 Å². The minimum Gasteiger partial charge on any atom is -0.356 e. The number of nitrogens with one attached hydrogen (secondary N) is 1. The predicted molar refractivity (Wildman–Crippen MR) is 81.2 cm³/mol. The lowest BCUT2D eigenvalue weighted by Gasteiger charge is -2.10. The molecule has 1 unspecified atom stereocenters. The molecule has 6 heteroatoms. The summed E-state index contributed by atoms with van der Waals surface area (Å²) in [6.45, 7) is 2.37. The van der Waals surface area contributed by atoms with E-state index in [9.17, 15) is 4.39 Å². The van der Waals surface area contributed by atoms with Crippen molar-refractivity contribution in [3.05, 3.63) is 46.9 Å². The number of thiol groups is 1. The van der Waals surface area contributed by atoms with Crippen LogP contribution in [-0.2, 0) is 7.05 Å². The first kappa shape index (κ1) is 13.2. The number of benzene rings is 1. The summed E-state index contributed by atoms with van der Waals surface area (Å²) in [5, 5.41) is 7.53. The van der Waals surface area contributed by atoms with Crippen LogP contribution in [0.3, 0.4) is 0 Å². The van der Waals surface area contributed by atoms with Gasteiger partial charge in [0.05, 0.1) is 28.9 Å². The van der Waals surface area contributed by atoms with Crippen molar-refractivity contribution in [3.8, 4) is 0 Å². The standard InChI is InChI=1S/C14H15FN4S/c1-8-12-13(9-5-3-4-6-10(9)15)16-7-11(20)17-14(12)19(2)18-8/h3-6,11,17,20H,7H2,1-2H3. The van der Waals surface area contributed by atoms with E-state index in [4.69, 9.17) is 0 Å². The van der Waals surface area contributed by atoms with Gasteiger partial charge in [0.25, 0.3) is 0 Å². The Morgan fingerprint density at radius 3 is 2.90 bits per heavy atom. The number of fused-ring (bicyclic) bond motifs is 1. The van der Waals surface area contributed by atoms with Crippen molar-refractivity contribution in [2.24, 2.45) is 12.0 Å². The Kier molecular flexibility index (Phi) is 3.25. The zero-order valence-corrected chi connectivity index (χ0v) is 12.2. The van der Waals surface area contributed by atoms with Crippen molar-refractivity contribution in [2.45, 2.75) is 12.3 Å². The van der Waals surface area contributed by atoms with Crippen molar-refractivity contribution < 1.29 is 4.39 Å². The summed E-state index contributed by atoms with van der Waals surface area (Å²) >= 11 is 4.44. The second kappa shape index (κ2) is 4.94. The molecule has 1 aliphatic rings. The van der Waals surface area contributed by atoms with Crippen molar-refractivity contribution in [2.75, 3.05) is 11.9 Å². The maximum Gasteiger partial charge on any atom is 0.134 e. The van der Waals surface area contributed by atoms with Crippen LogP contribution in [0.15, 0.2) is 29.3 Å². The molecule has 3 rings (SSSR count). The third-order valence-corrected chi connectivity index (χ3v) is 3.61. The highest BCUT2D eigenvalue weighted by Gasteiger charge is 2.25. The summed E-state index contributed by atoms with van der Waals surface area (Å²) in [6.07, 6.45) is 0. The third-order valence-electron chi connectivity index (χ3n) is 3.31. The fourth-order valence-electron chi connectivity index (χ4n) is 2.44. The number of nitrogens with zero attached hydrogens (tertiary/aromatic N) is 3. The molecule has 4 nitrogen and oxygen atoms in total. The molecule has 1 aliphatic heterocycles. The number of anilines is 1. The normalized spacial score (nSPS) is 18.0. The monoisotopic (exact) mass is 290 g/mol. The van der Waals surface area contributed by atoms with Gasteiger partial charge in [0.2, 0.25) is 0 Å². The fourth-order valence-corrected chi connectivity index (χ4v) is 2.64. The Morgan fingerprint density at radius 1 is 1.40 bits per heavy atom. The number of aromatic nitrogens is 2. The molecular formula is C14H15FN4S. The lowest BCUT2D eigenvalue weighted by Crippen LogP contribution is -2.17. The number of hydrogen-bond acceptors (Lipinski definition) is 4. The zero-order chi connectivity index (χ0) is 14.3. The highest BCUT2D eigenvalue weighted by Crippen LogP contribution is 2.27. The SMILES string of the molecule is Cc1nn(C)c2c1C(c1ccccc1F)=NCC(S)N2. The Hall–Kier alpha value is -1.82. The number of hydrogen-bond donors (Lipinski definition) is 2. The summed E-state index contributed by atoms with van der Waals surface area (Å²) in [7, 11) is 1.85. The molecule has 1 atom stereocenters. The van der Waals surface area contributed by atoms with Gasteiger partial charge in [-0.15, -0.1) is 0 Å². The second-order valence-electron chi connectivity index (χ2n) is 4.76. The second-order valence-corrected chi connectivity index (χ2v) is 5.39. The number of halogens is 1. The molecule has 104 valence electrons. The lowest BCUT2D eigenvalue weighted by molar-refractivity contribution is 0.625. The van der Waals surface area contributed by atoms with Crippen LogP contribution in [0.1, 0.15) is 16.8 Å². The van der Waals surface area contributed by atoms with E-state index >= 15 is 0 Å². The Labute approximate surface area is 122 Å². The van der Waals surface area contributed by atoms with Crippen molar-refractivity contribution >= 4 is 24.2 Å². The Morgan fingerprint density at radius 2 is 2.15 bits per heavy atom. The van der Waals surface area contributed by atoms with E-state index in [0.29, 0.717) is 17.8 Å². The summed E-state index contributed by atoms with van der Waals surface area (Å²) in [5.41, 5.74) is 2.79. The van der Waals surface area contributed by atoms with Gasteiger partial charge in [0.15, 0.2) is 0 Å². The topological polar surface area (TPSA) is 42.2 Å². The molecule has 0 spiro atoms. The Bertz CT molecular complexity index is 692. The zero-order valence-electron chi connectivity index (χ0n) is 11.3. The van der Waals surface area contributed by atoms with Crippen LogP contribution in [0.2, 0.25) is 0 Å². The molecule has 1 aromatic carbocycles. The van der Waals surface area contributed by atoms with Gasteiger partial charge in [0, 0.05) is 12.6 Å². The Balaban J connectivity index is 2.24. The predicted octanol–water partition coefficient (Wildman–Crippen LogP) is 2.39. The van der Waals surface area contributed by atoms with Crippen molar-refractivity contribution in [3.63, 3.8) is 0 Å². The number of aryl methyl sites for hydroxylation is 2. The van der Waals surface area contributed by atoms with E-state index in [0.717, 1.165) is 17.1 Å². The van der Waals surface area contributed by atoms with Crippen LogP contribution in [-0.4, -0.2) is 27.4 Å². The van der Waals surface area contributed by atoms with Crippen LogP contribution in [0.5, 0.6) is 0 Å². The van der Waals surface area contributed by atoms with E-state index in [-0.39, 0.29) is 11.2 Å². The lowest BCUT2D eigenvalue weighted by atomic mass is 10.0. The van der Waals surface area contributed by atoms with Gasteiger partial charge in [-0.05, 0) is 19.1 Å². The van der Waals surface area contributed by atoms with E-state index in [1.165, 1.54) is 6.07 Å². The average molecular weight is 290 g/mol. The number of aliphatic imine (C=N–C) groups is 1. The first-order valence-electron chi connectivity index (χ1n) is 6.36. The van der Waals surface area contributed by atoms with Gasteiger partial charge in [-0.25, -0.2) is 4.39 Å². The van der Waals surface area contributed by atoms with E-state index < -0.39 is 0 Å². The summed E-state index contributed by atoms with van der Waals surface area (Å²) in [4.78, 5) is 4.54. The van der Waals surface area contributed by atoms with Crippen LogP contribution in [0, 0.1) is 12.7 Å². The highest BCUT2D eigenvalue weighted by molar-refractivity contribution is 7.81. The first-order valence-corrected chi connectivity index (χ1v) is 6.87. The summed E-state index contributed by atoms with van der Waals surface area (Å²) in [6, 6.07) is 6.67. The molecule has 0 aliphatic carbocycles. The summed E-state index contributed by atoms with van der Waals surface area (Å²) < 4.78 is 15.8. The van der Waals surface area contributed by atoms with E-state index in [1.807, 2.05) is 20.0 Å². The minimum atomic E-state index is -0.280. The van der Waals surface area contributed by atoms with Gasteiger partial charge in [0.1, 0.15) is 11.6 Å². The van der Waals surface area contributed by atoms with Crippen LogP contribution in [0.25, 0.3) is 0 Å². The molecule has 0 saturated heterocycles. The fraction of sp³-hybridized carbons (Fsp3) is 0.286. The maximum absolute atomic E-state index is 14.1. The molecule has 1 aromatic heterocycles. The largest absolute Gasteiger partial charge is 0.356 e. The molecule has 20 heavy (non-hydrogen) atoms. The molecule has 0 amide bonds. The number of rotatable bonds is 1. The average Bonchev–Trinajstić information content (AvgIpc) is 2.60. The van der Waals surface area contributed by atoms with Gasteiger partial charge < -0.3 is 5.32 Å². The van der Waals surface area contributed by atoms with Crippen LogP contribution >= 0.6 is 12.6 Å². The van der Waals surface area contributed by atoms with Crippen molar-refractivity contribution in [1.29, 1.82) is 0 Å². The first-order chi connectivity index (χ1) is 9.58. The van der Waals surface area contributed by atoms with Crippen molar-refractivity contribution in [1.82, 2.24) is 9.78 Å². The minimum absolute atomic E-state index is 0.118. The summed E-state index contributed by atoms with van der Waals surface area (Å²) in [5.74, 6) is 0.542. The molecular weight excluding hydrogens is 275 g/mol. The maximum atomic E-state index is 14.1. The molecule has 0 bridgehead atoms. The highest BCUT2D eigenvalue weighted by atomic mass is 32.1. The quantitative estimate of drug-likeness (QED) is 0.792. The third kappa shape index (κ3) is 2.10.